The van der Waals surface area contributed by atoms with Crippen LogP contribution in [0.2, 0.25) is 0 Å². The van der Waals surface area contributed by atoms with Gasteiger partial charge in [-0.05, 0) is 98.5 Å². The van der Waals surface area contributed by atoms with Gasteiger partial charge in [0.25, 0.3) is 0 Å². The Morgan fingerprint density at radius 2 is 1.75 bits per heavy atom. The molecular weight excluding hydrogens is 532 g/mol. The molecule has 1 amide bonds. The summed E-state index contributed by atoms with van der Waals surface area (Å²) >= 11 is 0. The Labute approximate surface area is 237 Å². The van der Waals surface area contributed by atoms with E-state index in [1.165, 1.54) is 16.6 Å². The zero-order chi connectivity index (χ0) is 28.5. The Kier molecular flexibility index (Phi) is 6.94. The van der Waals surface area contributed by atoms with Crippen LogP contribution in [0.25, 0.3) is 0 Å². The van der Waals surface area contributed by atoms with Crippen molar-refractivity contribution >= 4 is 16.1 Å². The molecule has 0 aromatic carbocycles. The molecule has 222 valence electrons. The molecule has 2 heterocycles. The molecular formula is C30H44N2O7S. The van der Waals surface area contributed by atoms with E-state index in [1.54, 1.807) is 11.2 Å². The van der Waals surface area contributed by atoms with E-state index < -0.39 is 15.6 Å². The van der Waals surface area contributed by atoms with Crippen molar-refractivity contribution in [3.05, 3.63) is 34.4 Å². The molecule has 4 saturated carbocycles. The van der Waals surface area contributed by atoms with Crippen molar-refractivity contribution in [1.82, 2.24) is 9.21 Å². The molecule has 0 radical (unpaired) electrons. The van der Waals surface area contributed by atoms with Crippen molar-refractivity contribution < 1.29 is 27.5 Å². The fourth-order valence-electron chi connectivity index (χ4n) is 9.81. The molecule has 1 aromatic heterocycles. The Bertz CT molecular complexity index is 1290. The van der Waals surface area contributed by atoms with Crippen LogP contribution in [-0.4, -0.2) is 73.0 Å². The van der Waals surface area contributed by atoms with Gasteiger partial charge in [0, 0.05) is 37.7 Å². The minimum Gasteiger partial charge on any atom is -0.446 e. The highest BCUT2D eigenvalue weighted by Crippen LogP contribution is 2.70. The molecule has 0 bridgehead atoms. The number of sulfonamides is 1. The number of nitrogens with zero attached hydrogens (tertiary/aromatic N) is 2. The van der Waals surface area contributed by atoms with Crippen LogP contribution in [0.4, 0.5) is 4.79 Å². The van der Waals surface area contributed by atoms with Gasteiger partial charge in [-0.3, -0.25) is 0 Å². The third-order valence-corrected chi connectivity index (χ3v) is 13.5. The molecule has 8 unspecified atom stereocenters. The molecule has 10 heteroatoms. The molecule has 1 aromatic rings. The highest BCUT2D eigenvalue weighted by atomic mass is 32.2. The van der Waals surface area contributed by atoms with E-state index in [2.05, 4.69) is 13.8 Å². The first kappa shape index (κ1) is 28.2. The van der Waals surface area contributed by atoms with Gasteiger partial charge in [0.2, 0.25) is 10.0 Å². The average Bonchev–Trinajstić information content (AvgIpc) is 3.20. The van der Waals surface area contributed by atoms with Crippen LogP contribution in [0.5, 0.6) is 0 Å². The van der Waals surface area contributed by atoms with E-state index in [-0.39, 0.29) is 40.5 Å². The van der Waals surface area contributed by atoms with E-state index in [0.29, 0.717) is 38.0 Å². The van der Waals surface area contributed by atoms with E-state index in [9.17, 15) is 23.1 Å². The quantitative estimate of drug-likeness (QED) is 0.579. The number of carbonyl (C=O) groups excluding carboxylic acids is 1. The number of aliphatic hydroxyl groups is 1. The maximum atomic E-state index is 12.9. The molecule has 4 aliphatic carbocycles. The largest absolute Gasteiger partial charge is 0.446 e. The minimum absolute atomic E-state index is 0.113. The van der Waals surface area contributed by atoms with E-state index in [1.807, 2.05) is 6.07 Å². The van der Waals surface area contributed by atoms with Crippen molar-refractivity contribution in [3.63, 3.8) is 0 Å². The van der Waals surface area contributed by atoms with Crippen LogP contribution in [0.15, 0.2) is 27.6 Å². The predicted octanol–water partition coefficient (Wildman–Crippen LogP) is 3.96. The average molecular weight is 577 g/mol. The summed E-state index contributed by atoms with van der Waals surface area (Å²) in [5.41, 5.74) is -0.182. The summed E-state index contributed by atoms with van der Waals surface area (Å²) in [6, 6.07) is 3.38. The first-order chi connectivity index (χ1) is 18.8. The van der Waals surface area contributed by atoms with Gasteiger partial charge in [-0.25, -0.2) is 18.0 Å². The van der Waals surface area contributed by atoms with Gasteiger partial charge >= 0.3 is 11.7 Å². The number of rotatable bonds is 3. The highest BCUT2D eigenvalue weighted by Gasteiger charge is 2.67. The van der Waals surface area contributed by atoms with Crippen molar-refractivity contribution in [1.29, 1.82) is 0 Å². The van der Waals surface area contributed by atoms with Gasteiger partial charge in [0.05, 0.1) is 18.1 Å². The van der Waals surface area contributed by atoms with Gasteiger partial charge in [-0.1, -0.05) is 13.8 Å². The second-order valence-electron chi connectivity index (χ2n) is 13.8. The molecule has 8 atom stereocenters. The number of piperazine rings is 1. The summed E-state index contributed by atoms with van der Waals surface area (Å²) in [6.07, 6.45) is 10.8. The molecule has 40 heavy (non-hydrogen) atoms. The first-order valence-corrected chi connectivity index (χ1v) is 16.9. The van der Waals surface area contributed by atoms with Crippen molar-refractivity contribution in [2.75, 3.05) is 32.4 Å². The normalized spacial score (nSPS) is 42.0. The Morgan fingerprint density at radius 3 is 2.42 bits per heavy atom. The second kappa shape index (κ2) is 9.83. The number of hydrogen-bond donors (Lipinski definition) is 1. The van der Waals surface area contributed by atoms with Crippen LogP contribution in [0, 0.1) is 28.6 Å². The number of amides is 1. The monoisotopic (exact) mass is 576 g/mol. The SMILES string of the molecule is CC12CCC(OC(=O)N3CCN(S(C)(=O)=O)CC3)CC1CCC1C2CCC2(C)C(c3ccc(=O)oc3)CCC12O. The third kappa shape index (κ3) is 4.44. The lowest BCUT2D eigenvalue weighted by molar-refractivity contribution is -0.205. The molecule has 6 rings (SSSR count). The Morgan fingerprint density at radius 1 is 1.00 bits per heavy atom. The summed E-state index contributed by atoms with van der Waals surface area (Å²) in [7, 11) is -3.24. The number of fused-ring (bicyclic) bond motifs is 5. The van der Waals surface area contributed by atoms with Crippen LogP contribution in [-0.2, 0) is 14.8 Å². The van der Waals surface area contributed by atoms with Gasteiger partial charge in [0.1, 0.15) is 6.10 Å². The maximum absolute atomic E-state index is 12.9. The molecule has 5 aliphatic rings. The van der Waals surface area contributed by atoms with Crippen molar-refractivity contribution in [3.8, 4) is 0 Å². The Balaban J connectivity index is 1.11. The smallest absolute Gasteiger partial charge is 0.410 e. The van der Waals surface area contributed by atoms with Gasteiger partial charge in [-0.2, -0.15) is 4.31 Å². The summed E-state index contributed by atoms with van der Waals surface area (Å²) in [6.45, 7) is 6.01. The topological polar surface area (TPSA) is 117 Å². The van der Waals surface area contributed by atoms with E-state index >= 15 is 0 Å². The molecule has 1 aliphatic heterocycles. The van der Waals surface area contributed by atoms with E-state index in [0.717, 1.165) is 63.4 Å². The first-order valence-electron chi connectivity index (χ1n) is 15.1. The van der Waals surface area contributed by atoms with Gasteiger partial charge in [-0.15, -0.1) is 0 Å². The van der Waals surface area contributed by atoms with Crippen molar-refractivity contribution in [2.24, 2.45) is 28.6 Å². The zero-order valence-electron chi connectivity index (χ0n) is 24.0. The van der Waals surface area contributed by atoms with Crippen LogP contribution >= 0.6 is 0 Å². The van der Waals surface area contributed by atoms with Gasteiger partial charge in [0.15, 0.2) is 0 Å². The zero-order valence-corrected chi connectivity index (χ0v) is 24.8. The summed E-state index contributed by atoms with van der Waals surface area (Å²) < 4.78 is 36.2. The van der Waals surface area contributed by atoms with E-state index in [4.69, 9.17) is 9.15 Å². The number of carbonyl (C=O) groups is 1. The molecule has 1 saturated heterocycles. The molecule has 0 spiro atoms. The lowest BCUT2D eigenvalue weighted by Crippen LogP contribution is -2.62. The minimum atomic E-state index is -3.24. The molecule has 5 fully saturated rings. The van der Waals surface area contributed by atoms with Crippen molar-refractivity contribution in [2.45, 2.75) is 89.3 Å². The lowest BCUT2D eigenvalue weighted by Gasteiger charge is -2.63. The standard InChI is InChI=1S/C30H44N2O7S/c1-28-11-8-22(39-27(34)31-14-16-32(17-15-31)40(3,36)37)18-21(28)5-6-25-24(28)9-12-29(2)23(10-13-30(25,29)35)20-4-7-26(33)38-19-20/h4,7,19,21-25,35H,5-6,8-18H2,1-3H3. The second-order valence-corrected chi connectivity index (χ2v) is 15.8. The Hall–Kier alpha value is -1.91. The highest BCUT2D eigenvalue weighted by molar-refractivity contribution is 7.88. The molecule has 1 N–H and O–H groups in total. The number of hydrogen-bond acceptors (Lipinski definition) is 7. The fourth-order valence-corrected chi connectivity index (χ4v) is 10.6. The van der Waals surface area contributed by atoms with Crippen LogP contribution in [0.3, 0.4) is 0 Å². The predicted molar refractivity (Wildman–Crippen MR) is 149 cm³/mol. The summed E-state index contributed by atoms with van der Waals surface area (Å²) in [5.74, 6) is 1.33. The fraction of sp³-hybridized carbons (Fsp3) is 0.800. The lowest BCUT2D eigenvalue weighted by atomic mass is 9.43. The summed E-state index contributed by atoms with van der Waals surface area (Å²) in [5, 5.41) is 12.4. The number of ether oxygens (including phenoxy) is 1. The van der Waals surface area contributed by atoms with Crippen LogP contribution < -0.4 is 5.63 Å². The van der Waals surface area contributed by atoms with Crippen LogP contribution in [0.1, 0.15) is 83.1 Å². The molecule has 9 nitrogen and oxygen atoms in total. The third-order valence-electron chi connectivity index (χ3n) is 12.2. The maximum Gasteiger partial charge on any atom is 0.410 e. The van der Waals surface area contributed by atoms with Gasteiger partial charge < -0.3 is 19.2 Å². The summed E-state index contributed by atoms with van der Waals surface area (Å²) in [4.78, 5) is 26.1.